The Balaban J connectivity index is 1.05. The van der Waals surface area contributed by atoms with E-state index in [1.165, 1.54) is 43.6 Å². The lowest BCUT2D eigenvalue weighted by molar-refractivity contribution is 1.18. The van der Waals surface area contributed by atoms with Crippen molar-refractivity contribution in [2.24, 2.45) is 0 Å². The van der Waals surface area contributed by atoms with Crippen molar-refractivity contribution >= 4 is 54.5 Å². The van der Waals surface area contributed by atoms with E-state index in [1.807, 2.05) is 6.20 Å². The standard InChI is InChI=1S/C44H28N4/c1-5-13-40-35(9-1)36-10-2-6-14-41(36)47(40)31-21-17-29(18-22-31)33-25-26-34(44-39(33)27-45-28-46-44)30-19-23-32(24-20-30)48-42-15-7-3-11-37(42)38-12-4-8-16-43(38)48/h1-28H. The Labute approximate surface area is 276 Å². The molecule has 0 bridgehead atoms. The predicted octanol–water partition coefficient (Wildman–Crippen LogP) is 11.2. The van der Waals surface area contributed by atoms with Crippen molar-refractivity contribution in [3.63, 3.8) is 0 Å². The molecule has 0 saturated carbocycles. The summed E-state index contributed by atoms with van der Waals surface area (Å²) < 4.78 is 4.70. The summed E-state index contributed by atoms with van der Waals surface area (Å²) in [5.41, 5.74) is 12.5. The molecule has 224 valence electrons. The minimum absolute atomic E-state index is 0.943. The Morgan fingerprint density at radius 1 is 0.354 bits per heavy atom. The van der Waals surface area contributed by atoms with Crippen LogP contribution in [0.5, 0.6) is 0 Å². The number of aromatic nitrogens is 4. The molecule has 0 unspecified atom stereocenters. The van der Waals surface area contributed by atoms with Gasteiger partial charge in [-0.2, -0.15) is 0 Å². The summed E-state index contributed by atoms with van der Waals surface area (Å²) in [4.78, 5) is 9.25. The highest BCUT2D eigenvalue weighted by Gasteiger charge is 2.15. The van der Waals surface area contributed by atoms with Crippen LogP contribution in [-0.4, -0.2) is 19.1 Å². The summed E-state index contributed by atoms with van der Waals surface area (Å²) in [5, 5.41) is 6.08. The quantitative estimate of drug-likeness (QED) is 0.198. The molecule has 3 aromatic heterocycles. The van der Waals surface area contributed by atoms with Crippen LogP contribution in [0.4, 0.5) is 0 Å². The second kappa shape index (κ2) is 10.5. The summed E-state index contributed by atoms with van der Waals surface area (Å²) in [6.45, 7) is 0. The van der Waals surface area contributed by atoms with E-state index < -0.39 is 0 Å². The second-order valence-corrected chi connectivity index (χ2v) is 12.3. The number of benzene rings is 7. The van der Waals surface area contributed by atoms with Crippen LogP contribution in [0.2, 0.25) is 0 Å². The molecule has 48 heavy (non-hydrogen) atoms. The molecule has 4 heteroatoms. The van der Waals surface area contributed by atoms with Crippen LogP contribution < -0.4 is 0 Å². The fourth-order valence-electron chi connectivity index (χ4n) is 7.54. The molecular formula is C44H28N4. The van der Waals surface area contributed by atoms with Gasteiger partial charge in [0.25, 0.3) is 0 Å². The lowest BCUT2D eigenvalue weighted by Gasteiger charge is -2.13. The van der Waals surface area contributed by atoms with E-state index in [2.05, 4.69) is 172 Å². The summed E-state index contributed by atoms with van der Waals surface area (Å²) in [7, 11) is 0. The van der Waals surface area contributed by atoms with E-state index in [0.29, 0.717) is 0 Å². The fourth-order valence-corrected chi connectivity index (χ4v) is 7.54. The molecule has 0 aliphatic heterocycles. The zero-order chi connectivity index (χ0) is 31.6. The van der Waals surface area contributed by atoms with Crippen molar-refractivity contribution in [3.8, 4) is 33.6 Å². The molecule has 4 nitrogen and oxygen atoms in total. The Kier molecular flexibility index (Phi) is 5.84. The number of para-hydroxylation sites is 4. The Morgan fingerprint density at radius 3 is 1.21 bits per heavy atom. The lowest BCUT2D eigenvalue weighted by Crippen LogP contribution is -1.95. The van der Waals surface area contributed by atoms with E-state index in [4.69, 9.17) is 4.98 Å². The normalized spacial score (nSPS) is 11.8. The van der Waals surface area contributed by atoms with Gasteiger partial charge in [-0.05, 0) is 65.2 Å². The number of nitrogens with zero attached hydrogens (tertiary/aromatic N) is 4. The number of hydrogen-bond donors (Lipinski definition) is 0. The maximum absolute atomic E-state index is 4.80. The molecule has 10 rings (SSSR count). The Hall–Kier alpha value is -6.52. The van der Waals surface area contributed by atoms with E-state index in [1.54, 1.807) is 6.33 Å². The molecule has 0 fully saturated rings. The molecule has 0 aliphatic carbocycles. The van der Waals surface area contributed by atoms with Crippen LogP contribution in [0.15, 0.2) is 170 Å². The van der Waals surface area contributed by atoms with Gasteiger partial charge < -0.3 is 9.13 Å². The van der Waals surface area contributed by atoms with Crippen molar-refractivity contribution in [1.82, 2.24) is 19.1 Å². The minimum Gasteiger partial charge on any atom is -0.309 e. The van der Waals surface area contributed by atoms with Gasteiger partial charge in [-0.3, -0.25) is 0 Å². The monoisotopic (exact) mass is 612 g/mol. The molecule has 10 aromatic rings. The first-order chi connectivity index (χ1) is 23.8. The van der Waals surface area contributed by atoms with Crippen molar-refractivity contribution in [2.75, 3.05) is 0 Å². The largest absolute Gasteiger partial charge is 0.309 e. The smallest absolute Gasteiger partial charge is 0.116 e. The summed E-state index contributed by atoms with van der Waals surface area (Å²) in [6.07, 6.45) is 3.59. The molecule has 0 radical (unpaired) electrons. The first-order valence-electron chi connectivity index (χ1n) is 16.2. The zero-order valence-electron chi connectivity index (χ0n) is 26.0. The van der Waals surface area contributed by atoms with Gasteiger partial charge in [-0.1, -0.05) is 109 Å². The van der Waals surface area contributed by atoms with Crippen molar-refractivity contribution in [1.29, 1.82) is 0 Å². The number of hydrogen-bond acceptors (Lipinski definition) is 2. The Morgan fingerprint density at radius 2 is 0.750 bits per heavy atom. The van der Waals surface area contributed by atoms with Gasteiger partial charge in [-0.15, -0.1) is 0 Å². The summed E-state index contributed by atoms with van der Waals surface area (Å²) >= 11 is 0. The molecule has 0 aliphatic rings. The minimum atomic E-state index is 0.943. The molecule has 7 aromatic carbocycles. The first kappa shape index (κ1) is 26.7. The molecule has 0 amide bonds. The van der Waals surface area contributed by atoms with Gasteiger partial charge in [0.2, 0.25) is 0 Å². The third kappa shape index (κ3) is 3.96. The second-order valence-electron chi connectivity index (χ2n) is 12.3. The van der Waals surface area contributed by atoms with E-state index in [9.17, 15) is 0 Å². The van der Waals surface area contributed by atoms with Crippen LogP contribution in [0.25, 0.3) is 88.1 Å². The average molecular weight is 613 g/mol. The molecular weight excluding hydrogens is 585 g/mol. The lowest BCUT2D eigenvalue weighted by atomic mass is 9.95. The number of fused-ring (bicyclic) bond motifs is 7. The fraction of sp³-hybridized carbons (Fsp3) is 0. The van der Waals surface area contributed by atoms with Crippen LogP contribution >= 0.6 is 0 Å². The van der Waals surface area contributed by atoms with Crippen molar-refractivity contribution < 1.29 is 0 Å². The van der Waals surface area contributed by atoms with Gasteiger partial charge in [0.15, 0.2) is 0 Å². The molecule has 3 heterocycles. The maximum Gasteiger partial charge on any atom is 0.116 e. The topological polar surface area (TPSA) is 35.6 Å². The maximum atomic E-state index is 4.80. The van der Waals surface area contributed by atoms with Gasteiger partial charge in [0.1, 0.15) is 6.33 Å². The molecule has 0 saturated heterocycles. The third-order valence-electron chi connectivity index (χ3n) is 9.71. The van der Waals surface area contributed by atoms with Crippen LogP contribution in [0.1, 0.15) is 0 Å². The zero-order valence-corrected chi connectivity index (χ0v) is 26.0. The summed E-state index contributed by atoms with van der Waals surface area (Å²) in [6, 6.07) is 56.5. The number of rotatable bonds is 4. The highest BCUT2D eigenvalue weighted by atomic mass is 15.0. The molecule has 0 atom stereocenters. The molecule has 0 N–H and O–H groups in total. The van der Waals surface area contributed by atoms with Gasteiger partial charge >= 0.3 is 0 Å². The third-order valence-corrected chi connectivity index (χ3v) is 9.71. The van der Waals surface area contributed by atoms with Gasteiger partial charge in [-0.25, -0.2) is 9.97 Å². The van der Waals surface area contributed by atoms with Crippen LogP contribution in [0, 0.1) is 0 Å². The van der Waals surface area contributed by atoms with Crippen molar-refractivity contribution in [3.05, 3.63) is 170 Å². The van der Waals surface area contributed by atoms with Gasteiger partial charge in [0, 0.05) is 50.1 Å². The van der Waals surface area contributed by atoms with Gasteiger partial charge in [0.05, 0.1) is 27.6 Å². The first-order valence-corrected chi connectivity index (χ1v) is 16.2. The highest BCUT2D eigenvalue weighted by Crippen LogP contribution is 2.37. The van der Waals surface area contributed by atoms with E-state index in [-0.39, 0.29) is 0 Å². The predicted molar refractivity (Wildman–Crippen MR) is 199 cm³/mol. The highest BCUT2D eigenvalue weighted by molar-refractivity contribution is 6.10. The average Bonchev–Trinajstić information content (AvgIpc) is 3.68. The van der Waals surface area contributed by atoms with Crippen LogP contribution in [0.3, 0.4) is 0 Å². The van der Waals surface area contributed by atoms with Crippen molar-refractivity contribution in [2.45, 2.75) is 0 Å². The van der Waals surface area contributed by atoms with E-state index in [0.717, 1.165) is 44.5 Å². The summed E-state index contributed by atoms with van der Waals surface area (Å²) in [5.74, 6) is 0. The van der Waals surface area contributed by atoms with Crippen LogP contribution in [-0.2, 0) is 0 Å². The Bertz CT molecular complexity index is 2520. The SMILES string of the molecule is c1ccc2c(c1)c1ccccc1n2-c1ccc(-c2ccc(-c3ccc(-n4c5ccccc5c5ccccc54)cc3)c3ncncc23)cc1. The molecule has 0 spiro atoms. The van der Waals surface area contributed by atoms with E-state index >= 15 is 0 Å².